The Kier molecular flexibility index (Phi) is 7.46. The molecule has 0 saturated heterocycles. The molecule has 1 unspecified atom stereocenters. The third-order valence-electron chi connectivity index (χ3n) is 6.55. The quantitative estimate of drug-likeness (QED) is 0.295. The monoisotopic (exact) mass is 433 g/mol. The summed E-state index contributed by atoms with van der Waals surface area (Å²) in [5, 5.41) is 3.77. The standard InChI is InChI=1S/C27H35N3O2/c1-3-5-11-20(4-2)27(31)32-23-17-15-21(16-18-23)25-26(28-22-12-7-6-8-13-22)30-19-10-9-14-24(30)29-25/h9-10,14-20,22,28H,3-8,11-13H2,1-2H3. The molecule has 2 aromatic heterocycles. The van der Waals surface area contributed by atoms with Crippen LogP contribution in [0.3, 0.4) is 0 Å². The van der Waals surface area contributed by atoms with Crippen LogP contribution in [0, 0.1) is 5.92 Å². The average molecular weight is 434 g/mol. The number of ether oxygens (including phenoxy) is 1. The van der Waals surface area contributed by atoms with Crippen molar-refractivity contribution in [2.45, 2.75) is 77.7 Å². The van der Waals surface area contributed by atoms with Crippen molar-refractivity contribution < 1.29 is 9.53 Å². The Morgan fingerprint density at radius 2 is 1.91 bits per heavy atom. The van der Waals surface area contributed by atoms with Crippen molar-refractivity contribution in [1.29, 1.82) is 0 Å². The number of aromatic nitrogens is 2. The van der Waals surface area contributed by atoms with Gasteiger partial charge in [0, 0.05) is 17.8 Å². The topological polar surface area (TPSA) is 55.6 Å². The molecule has 1 saturated carbocycles. The van der Waals surface area contributed by atoms with Gasteiger partial charge in [-0.05, 0) is 62.1 Å². The van der Waals surface area contributed by atoms with Crippen LogP contribution in [0.25, 0.3) is 16.9 Å². The summed E-state index contributed by atoms with van der Waals surface area (Å²) in [6.45, 7) is 4.20. The van der Waals surface area contributed by atoms with E-state index in [2.05, 4.69) is 29.8 Å². The van der Waals surface area contributed by atoms with E-state index < -0.39 is 0 Å². The van der Waals surface area contributed by atoms with Crippen LogP contribution in [0.5, 0.6) is 5.75 Å². The van der Waals surface area contributed by atoms with Crippen LogP contribution in [0.2, 0.25) is 0 Å². The summed E-state index contributed by atoms with van der Waals surface area (Å²) in [7, 11) is 0. The third kappa shape index (κ3) is 5.14. The molecule has 1 aromatic carbocycles. The van der Waals surface area contributed by atoms with Crippen LogP contribution in [-0.2, 0) is 4.79 Å². The Morgan fingerprint density at radius 3 is 2.62 bits per heavy atom. The van der Waals surface area contributed by atoms with Gasteiger partial charge in [-0.2, -0.15) is 0 Å². The first-order valence-electron chi connectivity index (χ1n) is 12.2. The Morgan fingerprint density at radius 1 is 1.12 bits per heavy atom. The smallest absolute Gasteiger partial charge is 0.314 e. The maximum atomic E-state index is 12.5. The highest BCUT2D eigenvalue weighted by Gasteiger charge is 2.21. The molecule has 4 rings (SSSR count). The molecular formula is C27H35N3O2. The molecule has 2 heterocycles. The summed E-state index contributed by atoms with van der Waals surface area (Å²) in [5.74, 6) is 1.49. The second-order valence-corrected chi connectivity index (χ2v) is 8.91. The number of carbonyl (C=O) groups excluding carboxylic acids is 1. The van der Waals surface area contributed by atoms with Gasteiger partial charge in [-0.15, -0.1) is 0 Å². The molecule has 0 aliphatic heterocycles. The van der Waals surface area contributed by atoms with Gasteiger partial charge < -0.3 is 10.1 Å². The molecule has 3 aromatic rings. The van der Waals surface area contributed by atoms with Gasteiger partial charge in [-0.1, -0.05) is 52.0 Å². The minimum atomic E-state index is -0.124. The van der Waals surface area contributed by atoms with Crippen molar-refractivity contribution in [3.05, 3.63) is 48.7 Å². The molecule has 1 aliphatic carbocycles. The number of hydrogen-bond donors (Lipinski definition) is 1. The lowest BCUT2D eigenvalue weighted by molar-refractivity contribution is -0.139. The predicted molar refractivity (Wildman–Crippen MR) is 130 cm³/mol. The summed E-state index contributed by atoms with van der Waals surface area (Å²) >= 11 is 0. The predicted octanol–water partition coefficient (Wildman–Crippen LogP) is 6.87. The number of esters is 1. The molecule has 0 amide bonds. The summed E-state index contributed by atoms with van der Waals surface area (Å²) < 4.78 is 7.82. The SMILES string of the molecule is CCCCC(CC)C(=O)Oc1ccc(-c2nc3ccccn3c2NC2CCCCC2)cc1. The summed E-state index contributed by atoms with van der Waals surface area (Å²) in [5.41, 5.74) is 2.89. The number of fused-ring (bicyclic) bond motifs is 1. The molecule has 0 radical (unpaired) electrons. The number of benzene rings is 1. The molecule has 0 bridgehead atoms. The van der Waals surface area contributed by atoms with E-state index in [1.54, 1.807) is 0 Å². The fraction of sp³-hybridized carbons (Fsp3) is 0.481. The maximum Gasteiger partial charge on any atom is 0.314 e. The third-order valence-corrected chi connectivity index (χ3v) is 6.55. The molecule has 1 N–H and O–H groups in total. The van der Waals surface area contributed by atoms with E-state index in [4.69, 9.17) is 9.72 Å². The van der Waals surface area contributed by atoms with Gasteiger partial charge in [0.05, 0.1) is 5.92 Å². The molecule has 0 spiro atoms. The van der Waals surface area contributed by atoms with Crippen molar-refractivity contribution in [3.8, 4) is 17.0 Å². The zero-order valence-electron chi connectivity index (χ0n) is 19.3. The molecular weight excluding hydrogens is 398 g/mol. The van der Waals surface area contributed by atoms with E-state index in [1.165, 1.54) is 32.1 Å². The van der Waals surface area contributed by atoms with Gasteiger partial charge >= 0.3 is 5.97 Å². The molecule has 1 fully saturated rings. The van der Waals surface area contributed by atoms with Gasteiger partial charge in [0.2, 0.25) is 0 Å². The van der Waals surface area contributed by atoms with Crippen LogP contribution in [-0.4, -0.2) is 21.4 Å². The van der Waals surface area contributed by atoms with Gasteiger partial charge in [-0.3, -0.25) is 9.20 Å². The van der Waals surface area contributed by atoms with Gasteiger partial charge in [-0.25, -0.2) is 4.98 Å². The lowest BCUT2D eigenvalue weighted by atomic mass is 9.95. The van der Waals surface area contributed by atoms with E-state index in [0.717, 1.165) is 48.4 Å². The van der Waals surface area contributed by atoms with E-state index in [9.17, 15) is 4.79 Å². The van der Waals surface area contributed by atoms with Crippen molar-refractivity contribution in [1.82, 2.24) is 9.38 Å². The molecule has 5 nitrogen and oxygen atoms in total. The number of anilines is 1. The van der Waals surface area contributed by atoms with Crippen molar-refractivity contribution >= 4 is 17.4 Å². The Bertz CT molecular complexity index is 1020. The van der Waals surface area contributed by atoms with Crippen molar-refractivity contribution in [3.63, 3.8) is 0 Å². The first-order valence-corrected chi connectivity index (χ1v) is 12.2. The average Bonchev–Trinajstić information content (AvgIpc) is 3.19. The number of pyridine rings is 1. The number of unbranched alkanes of at least 4 members (excludes halogenated alkanes) is 1. The summed E-state index contributed by atoms with van der Waals surface area (Å²) in [6, 6.07) is 14.3. The Hall–Kier alpha value is -2.82. The van der Waals surface area contributed by atoms with Gasteiger partial charge in [0.15, 0.2) is 0 Å². The minimum absolute atomic E-state index is 0.0284. The van der Waals surface area contributed by atoms with Crippen LogP contribution in [0.1, 0.15) is 71.6 Å². The van der Waals surface area contributed by atoms with Crippen LogP contribution in [0.4, 0.5) is 5.82 Å². The lowest BCUT2D eigenvalue weighted by Gasteiger charge is -2.24. The zero-order chi connectivity index (χ0) is 22.3. The Labute approximate surface area is 191 Å². The molecule has 1 atom stereocenters. The fourth-order valence-corrected chi connectivity index (χ4v) is 4.59. The van der Waals surface area contributed by atoms with Crippen molar-refractivity contribution in [2.75, 3.05) is 5.32 Å². The number of carbonyl (C=O) groups is 1. The maximum absolute atomic E-state index is 12.5. The highest BCUT2D eigenvalue weighted by molar-refractivity contribution is 5.78. The minimum Gasteiger partial charge on any atom is -0.426 e. The second kappa shape index (κ2) is 10.7. The van der Waals surface area contributed by atoms with Crippen LogP contribution in [0.15, 0.2) is 48.7 Å². The van der Waals surface area contributed by atoms with E-state index >= 15 is 0 Å². The fourth-order valence-electron chi connectivity index (χ4n) is 4.59. The van der Waals surface area contributed by atoms with Gasteiger partial charge in [0.25, 0.3) is 0 Å². The van der Waals surface area contributed by atoms with Gasteiger partial charge in [0.1, 0.15) is 22.9 Å². The van der Waals surface area contributed by atoms with E-state index in [-0.39, 0.29) is 11.9 Å². The zero-order valence-corrected chi connectivity index (χ0v) is 19.3. The number of hydrogen-bond acceptors (Lipinski definition) is 4. The molecule has 32 heavy (non-hydrogen) atoms. The normalized spacial score (nSPS) is 15.6. The van der Waals surface area contributed by atoms with E-state index in [1.807, 2.05) is 42.5 Å². The van der Waals surface area contributed by atoms with Crippen molar-refractivity contribution in [2.24, 2.45) is 5.92 Å². The lowest BCUT2D eigenvalue weighted by Crippen LogP contribution is -2.23. The Balaban J connectivity index is 1.55. The largest absolute Gasteiger partial charge is 0.426 e. The highest BCUT2D eigenvalue weighted by atomic mass is 16.5. The number of nitrogens with zero attached hydrogens (tertiary/aromatic N) is 2. The summed E-state index contributed by atoms with van der Waals surface area (Å²) in [4.78, 5) is 17.5. The molecule has 5 heteroatoms. The molecule has 170 valence electrons. The first-order chi connectivity index (χ1) is 15.7. The number of imidazole rings is 1. The van der Waals surface area contributed by atoms with Crippen LogP contribution >= 0.6 is 0 Å². The summed E-state index contributed by atoms with van der Waals surface area (Å²) in [6.07, 6.45) is 12.2. The number of rotatable bonds is 9. The number of nitrogens with one attached hydrogen (secondary N) is 1. The second-order valence-electron chi connectivity index (χ2n) is 8.91. The van der Waals surface area contributed by atoms with Crippen LogP contribution < -0.4 is 10.1 Å². The first kappa shape index (κ1) is 22.4. The van der Waals surface area contributed by atoms with E-state index in [0.29, 0.717) is 11.8 Å². The highest BCUT2D eigenvalue weighted by Crippen LogP contribution is 2.32. The molecule has 1 aliphatic rings.